The highest BCUT2D eigenvalue weighted by Crippen LogP contribution is 2.25. The third kappa shape index (κ3) is 3.19. The van der Waals surface area contributed by atoms with Gasteiger partial charge in [0.15, 0.2) is 0 Å². The molecule has 4 nitrogen and oxygen atoms in total. The molecule has 1 heterocycles. The fourth-order valence-electron chi connectivity index (χ4n) is 2.49. The molecule has 2 atom stereocenters. The molecule has 0 aromatic carbocycles. The Hall–Kier alpha value is -1.08. The van der Waals surface area contributed by atoms with Crippen LogP contribution in [0.4, 0.5) is 0 Å². The molecule has 1 aliphatic rings. The van der Waals surface area contributed by atoms with Crippen LogP contribution in [0.25, 0.3) is 0 Å². The monoisotopic (exact) mass is 237 g/mol. The third-order valence-corrected chi connectivity index (χ3v) is 3.28. The third-order valence-electron chi connectivity index (χ3n) is 3.28. The molecule has 0 bridgehead atoms. The standard InChI is InChI=1S/C13H23N3O/c1-10-8-15(5)12(17)11(6-7-14)16(9-10)13(2,3)4/h10-11H,6,8-9H2,1-5H3. The van der Waals surface area contributed by atoms with Gasteiger partial charge in [-0.2, -0.15) is 5.26 Å². The molecular weight excluding hydrogens is 214 g/mol. The van der Waals surface area contributed by atoms with Crippen LogP contribution >= 0.6 is 0 Å². The zero-order chi connectivity index (χ0) is 13.2. The first-order valence-electron chi connectivity index (χ1n) is 6.16. The molecule has 1 saturated heterocycles. The zero-order valence-electron chi connectivity index (χ0n) is 11.5. The number of hydrogen-bond donors (Lipinski definition) is 0. The average molecular weight is 237 g/mol. The lowest BCUT2D eigenvalue weighted by molar-refractivity contribution is -0.135. The van der Waals surface area contributed by atoms with Gasteiger partial charge in [-0.15, -0.1) is 0 Å². The second-order valence-corrected chi connectivity index (χ2v) is 6.03. The van der Waals surface area contributed by atoms with Crippen LogP contribution in [0.2, 0.25) is 0 Å². The molecule has 1 amide bonds. The maximum atomic E-state index is 12.3. The molecule has 96 valence electrons. The molecule has 1 aliphatic heterocycles. The predicted octanol–water partition coefficient (Wildman–Crippen LogP) is 1.48. The van der Waals surface area contributed by atoms with E-state index in [0.717, 1.165) is 13.1 Å². The van der Waals surface area contributed by atoms with Gasteiger partial charge in [0, 0.05) is 25.7 Å². The SMILES string of the molecule is CC1CN(C)C(=O)C(CC#N)N(C(C)(C)C)C1. The van der Waals surface area contributed by atoms with Crippen molar-refractivity contribution >= 4 is 5.91 Å². The quantitative estimate of drug-likeness (QED) is 0.694. The Bertz CT molecular complexity index is 327. The van der Waals surface area contributed by atoms with Gasteiger partial charge in [-0.05, 0) is 26.7 Å². The Labute approximate surface area is 104 Å². The molecular formula is C13H23N3O. The molecule has 4 heteroatoms. The Morgan fingerprint density at radius 2 is 2.00 bits per heavy atom. The van der Waals surface area contributed by atoms with E-state index in [0.29, 0.717) is 5.92 Å². The maximum Gasteiger partial charge on any atom is 0.240 e. The minimum absolute atomic E-state index is 0.0748. The first-order chi connectivity index (χ1) is 7.77. The highest BCUT2D eigenvalue weighted by Gasteiger charge is 2.38. The molecule has 0 spiro atoms. The summed E-state index contributed by atoms with van der Waals surface area (Å²) in [5, 5.41) is 8.92. The van der Waals surface area contributed by atoms with E-state index in [1.54, 1.807) is 4.90 Å². The van der Waals surface area contributed by atoms with Crippen molar-refractivity contribution in [3.8, 4) is 6.07 Å². The summed E-state index contributed by atoms with van der Waals surface area (Å²) in [6.45, 7) is 10.1. The topological polar surface area (TPSA) is 47.3 Å². The molecule has 0 aromatic heterocycles. The Balaban J connectivity index is 3.05. The second kappa shape index (κ2) is 5.05. The van der Waals surface area contributed by atoms with Crippen molar-refractivity contribution in [2.45, 2.75) is 45.7 Å². The van der Waals surface area contributed by atoms with Crippen LogP contribution in [-0.2, 0) is 4.79 Å². The van der Waals surface area contributed by atoms with E-state index >= 15 is 0 Å². The van der Waals surface area contributed by atoms with Gasteiger partial charge in [-0.25, -0.2) is 0 Å². The number of carbonyl (C=O) groups is 1. The molecule has 0 radical (unpaired) electrons. The van der Waals surface area contributed by atoms with Crippen LogP contribution in [0.1, 0.15) is 34.1 Å². The van der Waals surface area contributed by atoms with Crippen molar-refractivity contribution in [2.75, 3.05) is 20.1 Å². The van der Waals surface area contributed by atoms with Crippen LogP contribution < -0.4 is 0 Å². The minimum atomic E-state index is -0.296. The Kier molecular flexibility index (Phi) is 4.16. The van der Waals surface area contributed by atoms with E-state index < -0.39 is 0 Å². The van der Waals surface area contributed by atoms with Crippen molar-refractivity contribution in [2.24, 2.45) is 5.92 Å². The number of likely N-dealkylation sites (N-methyl/N-ethyl adjacent to an activating group) is 1. The first kappa shape index (κ1) is 14.0. The number of rotatable bonds is 1. The zero-order valence-corrected chi connectivity index (χ0v) is 11.5. The normalized spacial score (nSPS) is 27.8. The summed E-state index contributed by atoms with van der Waals surface area (Å²) >= 11 is 0. The van der Waals surface area contributed by atoms with Crippen molar-refractivity contribution in [1.82, 2.24) is 9.80 Å². The summed E-state index contributed by atoms with van der Waals surface area (Å²) in [4.78, 5) is 16.2. The van der Waals surface area contributed by atoms with E-state index in [1.807, 2.05) is 7.05 Å². The van der Waals surface area contributed by atoms with Gasteiger partial charge >= 0.3 is 0 Å². The second-order valence-electron chi connectivity index (χ2n) is 6.03. The molecule has 0 saturated carbocycles. The van der Waals surface area contributed by atoms with Gasteiger partial charge < -0.3 is 4.90 Å². The summed E-state index contributed by atoms with van der Waals surface area (Å²) in [6.07, 6.45) is 0.271. The largest absolute Gasteiger partial charge is 0.344 e. The van der Waals surface area contributed by atoms with Gasteiger partial charge in [0.1, 0.15) is 6.04 Å². The lowest BCUT2D eigenvalue weighted by Gasteiger charge is -2.39. The fraction of sp³-hybridized carbons (Fsp3) is 0.846. The lowest BCUT2D eigenvalue weighted by atomic mass is 9.99. The predicted molar refractivity (Wildman–Crippen MR) is 67.3 cm³/mol. The number of nitrogens with zero attached hydrogens (tertiary/aromatic N) is 3. The lowest BCUT2D eigenvalue weighted by Crippen LogP contribution is -2.53. The Morgan fingerprint density at radius 3 is 2.47 bits per heavy atom. The van der Waals surface area contributed by atoms with E-state index in [1.165, 1.54) is 0 Å². The van der Waals surface area contributed by atoms with Gasteiger partial charge in [-0.1, -0.05) is 6.92 Å². The van der Waals surface area contributed by atoms with Crippen LogP contribution in [0.15, 0.2) is 0 Å². The van der Waals surface area contributed by atoms with Gasteiger partial charge in [0.2, 0.25) is 5.91 Å². The minimum Gasteiger partial charge on any atom is -0.344 e. The molecule has 0 aliphatic carbocycles. The smallest absolute Gasteiger partial charge is 0.240 e. The molecule has 17 heavy (non-hydrogen) atoms. The molecule has 1 fully saturated rings. The highest BCUT2D eigenvalue weighted by atomic mass is 16.2. The number of nitriles is 1. The molecule has 2 unspecified atom stereocenters. The van der Waals surface area contributed by atoms with Crippen molar-refractivity contribution in [3.63, 3.8) is 0 Å². The van der Waals surface area contributed by atoms with Gasteiger partial charge in [-0.3, -0.25) is 9.69 Å². The van der Waals surface area contributed by atoms with Crippen molar-refractivity contribution in [1.29, 1.82) is 5.26 Å². The Morgan fingerprint density at radius 1 is 1.41 bits per heavy atom. The maximum absolute atomic E-state index is 12.3. The summed E-state index contributed by atoms with van der Waals surface area (Å²) in [6, 6.07) is 1.85. The molecule has 0 N–H and O–H groups in total. The van der Waals surface area contributed by atoms with Crippen LogP contribution in [0, 0.1) is 17.2 Å². The average Bonchev–Trinajstić information content (AvgIpc) is 2.29. The summed E-state index contributed by atoms with van der Waals surface area (Å²) in [7, 11) is 1.83. The van der Waals surface area contributed by atoms with E-state index in [9.17, 15) is 4.79 Å². The number of hydrogen-bond acceptors (Lipinski definition) is 3. The van der Waals surface area contributed by atoms with Crippen molar-refractivity contribution in [3.05, 3.63) is 0 Å². The number of amides is 1. The first-order valence-corrected chi connectivity index (χ1v) is 6.16. The number of carbonyl (C=O) groups excluding carboxylic acids is 1. The fourth-order valence-corrected chi connectivity index (χ4v) is 2.49. The summed E-state index contributed by atoms with van der Waals surface area (Å²) < 4.78 is 0. The summed E-state index contributed by atoms with van der Waals surface area (Å²) in [5.74, 6) is 0.512. The van der Waals surface area contributed by atoms with E-state index in [-0.39, 0.29) is 23.9 Å². The van der Waals surface area contributed by atoms with Gasteiger partial charge in [0.05, 0.1) is 12.5 Å². The van der Waals surface area contributed by atoms with Crippen LogP contribution in [0.5, 0.6) is 0 Å². The van der Waals surface area contributed by atoms with Crippen LogP contribution in [-0.4, -0.2) is 47.4 Å². The molecule has 1 rings (SSSR count). The summed E-state index contributed by atoms with van der Waals surface area (Å²) in [5.41, 5.74) is -0.0867. The highest BCUT2D eigenvalue weighted by molar-refractivity contribution is 5.82. The molecule has 0 aromatic rings. The van der Waals surface area contributed by atoms with Crippen molar-refractivity contribution < 1.29 is 4.79 Å². The van der Waals surface area contributed by atoms with E-state index in [2.05, 4.69) is 38.7 Å². The van der Waals surface area contributed by atoms with Crippen LogP contribution in [0.3, 0.4) is 0 Å². The van der Waals surface area contributed by atoms with E-state index in [4.69, 9.17) is 5.26 Å². The van der Waals surface area contributed by atoms with Gasteiger partial charge in [0.25, 0.3) is 0 Å².